The van der Waals surface area contributed by atoms with Gasteiger partial charge in [0.2, 0.25) is 11.8 Å². The van der Waals surface area contributed by atoms with Gasteiger partial charge < -0.3 is 29.5 Å². The Kier molecular flexibility index (Phi) is 7.28. The van der Waals surface area contributed by atoms with Crippen molar-refractivity contribution in [3.8, 4) is 0 Å². The van der Waals surface area contributed by atoms with Crippen molar-refractivity contribution in [3.05, 3.63) is 0 Å². The van der Waals surface area contributed by atoms with E-state index in [2.05, 4.69) is 10.2 Å². The van der Waals surface area contributed by atoms with Gasteiger partial charge in [-0.2, -0.15) is 0 Å². The summed E-state index contributed by atoms with van der Waals surface area (Å²) in [5.74, 6) is -2.58. The molecule has 2 amide bonds. The lowest BCUT2D eigenvalue weighted by Gasteiger charge is -2.38. The molecule has 0 unspecified atom stereocenters. The maximum absolute atomic E-state index is 13.8. The topological polar surface area (TPSA) is 118 Å². The standard InChI is InChI=1S/C23H37N3O7/c1-4-32-22(30)17-16-5-6-23(33-16)18(17)21(29)26(15(13-27)14(2)3)19(23)20(28)24-7-8-25-9-11-31-12-10-25/h14-19,27H,4-13H2,1-3H3,(H,24,28)/t15-,16-,17+,18+,19-,23+/m0/s1. The molecule has 0 aromatic rings. The van der Waals surface area contributed by atoms with Crippen molar-refractivity contribution < 1.29 is 33.7 Å². The third-order valence-corrected chi connectivity index (χ3v) is 7.69. The molecular weight excluding hydrogens is 430 g/mol. The third-order valence-electron chi connectivity index (χ3n) is 7.69. The van der Waals surface area contributed by atoms with E-state index in [1.54, 1.807) is 6.92 Å². The van der Waals surface area contributed by atoms with Gasteiger partial charge in [-0.3, -0.25) is 19.3 Å². The highest BCUT2D eigenvalue weighted by Gasteiger charge is 2.75. The zero-order chi connectivity index (χ0) is 23.8. The summed E-state index contributed by atoms with van der Waals surface area (Å²) in [5, 5.41) is 13.1. The van der Waals surface area contributed by atoms with E-state index in [4.69, 9.17) is 14.2 Å². The van der Waals surface area contributed by atoms with Crippen molar-refractivity contribution >= 4 is 17.8 Å². The van der Waals surface area contributed by atoms with E-state index in [0.717, 1.165) is 13.1 Å². The molecule has 33 heavy (non-hydrogen) atoms. The van der Waals surface area contributed by atoms with Gasteiger partial charge in [-0.15, -0.1) is 0 Å². The molecule has 0 saturated carbocycles. The van der Waals surface area contributed by atoms with Gasteiger partial charge in [-0.25, -0.2) is 0 Å². The summed E-state index contributed by atoms with van der Waals surface area (Å²) in [4.78, 5) is 43.9. The molecule has 10 nitrogen and oxygen atoms in total. The van der Waals surface area contributed by atoms with Gasteiger partial charge in [-0.05, 0) is 25.7 Å². The van der Waals surface area contributed by atoms with Crippen LogP contribution in [0, 0.1) is 17.8 Å². The Labute approximate surface area is 194 Å². The number of aliphatic hydroxyl groups excluding tert-OH is 1. The normalized spacial score (nSPS) is 34.6. The number of fused-ring (bicyclic) bond motifs is 1. The van der Waals surface area contributed by atoms with E-state index in [0.29, 0.717) is 39.1 Å². The SMILES string of the molecule is CCOC(=O)[C@@H]1[C@@H]2CC[C@]3(O2)[C@H](C(=O)NCCN2CCOCC2)N([C@@H](CO)C(C)C)C(=O)[C@@H]13. The van der Waals surface area contributed by atoms with Crippen LogP contribution < -0.4 is 5.32 Å². The fourth-order valence-corrected chi connectivity index (χ4v) is 6.13. The van der Waals surface area contributed by atoms with E-state index in [9.17, 15) is 19.5 Å². The van der Waals surface area contributed by atoms with Gasteiger partial charge in [0, 0.05) is 26.2 Å². The molecule has 0 aromatic heterocycles. The predicted octanol–water partition coefficient (Wildman–Crippen LogP) is -0.611. The van der Waals surface area contributed by atoms with E-state index in [1.165, 1.54) is 4.90 Å². The zero-order valence-corrected chi connectivity index (χ0v) is 19.8. The number of amides is 2. The highest BCUT2D eigenvalue weighted by atomic mass is 16.6. The van der Waals surface area contributed by atoms with Crippen LogP contribution in [0.25, 0.3) is 0 Å². The number of likely N-dealkylation sites (tertiary alicyclic amines) is 1. The van der Waals surface area contributed by atoms with Crippen molar-refractivity contribution in [2.45, 2.75) is 57.4 Å². The Hall–Kier alpha value is -1.75. The van der Waals surface area contributed by atoms with Crippen LogP contribution in [0.3, 0.4) is 0 Å². The largest absolute Gasteiger partial charge is 0.466 e. The Morgan fingerprint density at radius 3 is 2.67 bits per heavy atom. The number of aliphatic hydroxyl groups is 1. The minimum absolute atomic E-state index is 0.0731. The lowest BCUT2D eigenvalue weighted by Crippen LogP contribution is -2.59. The van der Waals surface area contributed by atoms with Gasteiger partial charge in [0.1, 0.15) is 11.6 Å². The van der Waals surface area contributed by atoms with Crippen molar-refractivity contribution in [3.63, 3.8) is 0 Å². The van der Waals surface area contributed by atoms with E-state index < -0.39 is 41.6 Å². The number of carbonyl (C=O) groups excluding carboxylic acids is 3. The molecule has 4 aliphatic rings. The molecule has 4 aliphatic heterocycles. The average Bonchev–Trinajstić information content (AvgIpc) is 3.43. The number of nitrogens with zero attached hydrogens (tertiary/aromatic N) is 2. The lowest BCUT2D eigenvalue weighted by atomic mass is 9.71. The van der Waals surface area contributed by atoms with Crippen LogP contribution in [0.1, 0.15) is 33.6 Å². The second-order valence-corrected chi connectivity index (χ2v) is 9.79. The Morgan fingerprint density at radius 1 is 1.30 bits per heavy atom. The first-order chi connectivity index (χ1) is 15.9. The first-order valence-corrected chi connectivity index (χ1v) is 12.2. The minimum atomic E-state index is -1.06. The maximum atomic E-state index is 13.8. The number of rotatable bonds is 9. The van der Waals surface area contributed by atoms with Gasteiger partial charge in [0.25, 0.3) is 0 Å². The van der Waals surface area contributed by atoms with Gasteiger partial charge in [0.05, 0.1) is 50.4 Å². The highest BCUT2D eigenvalue weighted by Crippen LogP contribution is 2.59. The molecule has 10 heteroatoms. The smallest absolute Gasteiger partial charge is 0.312 e. The molecule has 186 valence electrons. The summed E-state index contributed by atoms with van der Waals surface area (Å²) in [7, 11) is 0. The predicted molar refractivity (Wildman–Crippen MR) is 117 cm³/mol. The summed E-state index contributed by atoms with van der Waals surface area (Å²) >= 11 is 0. The van der Waals surface area contributed by atoms with Gasteiger partial charge in [0.15, 0.2) is 0 Å². The zero-order valence-electron chi connectivity index (χ0n) is 19.8. The van der Waals surface area contributed by atoms with Crippen LogP contribution in [0.5, 0.6) is 0 Å². The Bertz CT molecular complexity index is 756. The van der Waals surface area contributed by atoms with Crippen molar-refractivity contribution in [2.24, 2.45) is 17.8 Å². The molecular formula is C23H37N3O7. The number of esters is 1. The molecule has 6 atom stereocenters. The second kappa shape index (κ2) is 9.85. The molecule has 4 fully saturated rings. The van der Waals surface area contributed by atoms with Crippen LogP contribution in [0.2, 0.25) is 0 Å². The fourth-order valence-electron chi connectivity index (χ4n) is 6.13. The van der Waals surface area contributed by atoms with Crippen LogP contribution >= 0.6 is 0 Å². The molecule has 4 heterocycles. The molecule has 2 N–H and O–H groups in total. The average molecular weight is 468 g/mol. The number of carbonyl (C=O) groups is 3. The van der Waals surface area contributed by atoms with Gasteiger partial charge >= 0.3 is 5.97 Å². The summed E-state index contributed by atoms with van der Waals surface area (Å²) in [6.45, 7) is 9.64. The lowest BCUT2D eigenvalue weighted by molar-refractivity contribution is -0.155. The van der Waals surface area contributed by atoms with Crippen LogP contribution in [-0.2, 0) is 28.6 Å². The maximum Gasteiger partial charge on any atom is 0.312 e. The van der Waals surface area contributed by atoms with Gasteiger partial charge in [-0.1, -0.05) is 13.8 Å². The molecule has 1 spiro atoms. The number of nitrogens with one attached hydrogen (secondary N) is 1. The van der Waals surface area contributed by atoms with Crippen molar-refractivity contribution in [1.82, 2.24) is 15.1 Å². The van der Waals surface area contributed by atoms with E-state index in [1.807, 2.05) is 13.8 Å². The number of hydrogen-bond acceptors (Lipinski definition) is 8. The first kappa shape index (κ1) is 24.4. The van der Waals surface area contributed by atoms with Crippen molar-refractivity contribution in [2.75, 3.05) is 52.6 Å². The van der Waals surface area contributed by atoms with Crippen LogP contribution in [0.4, 0.5) is 0 Å². The van der Waals surface area contributed by atoms with E-state index in [-0.39, 0.29) is 30.9 Å². The molecule has 0 aliphatic carbocycles. The minimum Gasteiger partial charge on any atom is -0.466 e. The number of hydrogen-bond donors (Lipinski definition) is 2. The Balaban J connectivity index is 1.59. The highest BCUT2D eigenvalue weighted by molar-refractivity contribution is 5.98. The molecule has 4 saturated heterocycles. The number of ether oxygens (including phenoxy) is 3. The van der Waals surface area contributed by atoms with Crippen LogP contribution in [-0.4, -0.2) is 109 Å². The second-order valence-electron chi connectivity index (χ2n) is 9.79. The quantitative estimate of drug-likeness (QED) is 0.431. The molecule has 0 radical (unpaired) electrons. The first-order valence-electron chi connectivity index (χ1n) is 12.2. The monoisotopic (exact) mass is 467 g/mol. The number of morpholine rings is 1. The van der Waals surface area contributed by atoms with Crippen molar-refractivity contribution in [1.29, 1.82) is 0 Å². The fraction of sp³-hybridized carbons (Fsp3) is 0.870. The summed E-state index contributed by atoms with van der Waals surface area (Å²) in [6, 6.07) is -1.43. The third kappa shape index (κ3) is 4.15. The summed E-state index contributed by atoms with van der Waals surface area (Å²) < 4.78 is 17.0. The molecule has 2 bridgehead atoms. The summed E-state index contributed by atoms with van der Waals surface area (Å²) in [5.41, 5.74) is -1.06. The van der Waals surface area contributed by atoms with Crippen LogP contribution in [0.15, 0.2) is 0 Å². The molecule has 0 aromatic carbocycles. The Morgan fingerprint density at radius 2 is 2.03 bits per heavy atom. The van der Waals surface area contributed by atoms with E-state index >= 15 is 0 Å². The summed E-state index contributed by atoms with van der Waals surface area (Å²) in [6.07, 6.45) is 0.706. The molecule has 4 rings (SSSR count).